The van der Waals surface area contributed by atoms with Crippen molar-refractivity contribution in [2.45, 2.75) is 38.8 Å². The molecular weight excluding hydrogens is 426 g/mol. The van der Waals surface area contributed by atoms with Crippen molar-refractivity contribution in [1.82, 2.24) is 14.5 Å². The average Bonchev–Trinajstić information content (AvgIpc) is 2.79. The third-order valence-electron chi connectivity index (χ3n) is 5.73. The first-order chi connectivity index (χ1) is 15.3. The number of hydrogen-bond donors (Lipinski definition) is 1. The topological polar surface area (TPSA) is 79.0 Å². The fourth-order valence-electron chi connectivity index (χ4n) is 3.86. The number of aryl methyl sites for hydroxylation is 1. The van der Waals surface area contributed by atoms with Crippen LogP contribution < -0.4 is 5.32 Å². The number of amides is 1. The van der Waals surface area contributed by atoms with Gasteiger partial charge >= 0.3 is 0 Å². The van der Waals surface area contributed by atoms with Gasteiger partial charge in [-0.05, 0) is 35.7 Å². The molecular formula is C24H33N3O4S. The SMILES string of the molecule is CCN(CC)S(=O)(=O)c1cc(C(=O)NCc2cccc(CN3CCOCC3)c2)ccc1C. The Hall–Kier alpha value is -2.26. The minimum atomic E-state index is -3.64. The van der Waals surface area contributed by atoms with Gasteiger partial charge in [0.25, 0.3) is 5.91 Å². The molecule has 1 aliphatic heterocycles. The Labute approximate surface area is 191 Å². The van der Waals surface area contributed by atoms with Gasteiger partial charge in [0, 0.05) is 44.8 Å². The highest BCUT2D eigenvalue weighted by Gasteiger charge is 2.24. The van der Waals surface area contributed by atoms with Crippen molar-refractivity contribution in [3.63, 3.8) is 0 Å². The van der Waals surface area contributed by atoms with Crippen molar-refractivity contribution < 1.29 is 17.9 Å². The van der Waals surface area contributed by atoms with E-state index in [1.165, 1.54) is 15.9 Å². The first kappa shape index (κ1) is 24.4. The van der Waals surface area contributed by atoms with E-state index in [9.17, 15) is 13.2 Å². The third kappa shape index (κ3) is 5.95. The number of benzene rings is 2. The molecule has 2 aromatic rings. The van der Waals surface area contributed by atoms with Gasteiger partial charge in [-0.2, -0.15) is 4.31 Å². The maximum Gasteiger partial charge on any atom is 0.251 e. The van der Waals surface area contributed by atoms with Crippen LogP contribution in [0.4, 0.5) is 0 Å². The lowest BCUT2D eigenvalue weighted by atomic mass is 10.1. The van der Waals surface area contributed by atoms with Crippen molar-refractivity contribution in [3.8, 4) is 0 Å². The zero-order chi connectivity index (χ0) is 23.1. The lowest BCUT2D eigenvalue weighted by molar-refractivity contribution is 0.0342. The fourth-order valence-corrected chi connectivity index (χ4v) is 5.57. The summed E-state index contributed by atoms with van der Waals surface area (Å²) in [5.74, 6) is -0.292. The number of carbonyl (C=O) groups excluding carboxylic acids is 1. The van der Waals surface area contributed by atoms with Crippen LogP contribution in [0.3, 0.4) is 0 Å². The maximum absolute atomic E-state index is 13.0. The molecule has 1 N–H and O–H groups in total. The molecule has 32 heavy (non-hydrogen) atoms. The van der Waals surface area contributed by atoms with Crippen molar-refractivity contribution >= 4 is 15.9 Å². The van der Waals surface area contributed by atoms with E-state index in [0.717, 1.165) is 38.4 Å². The number of morpholine rings is 1. The number of ether oxygens (including phenoxy) is 1. The number of rotatable bonds is 9. The van der Waals surface area contributed by atoms with Crippen LogP contribution >= 0.6 is 0 Å². The highest BCUT2D eigenvalue weighted by Crippen LogP contribution is 2.21. The van der Waals surface area contributed by atoms with Crippen LogP contribution in [0.1, 0.15) is 40.9 Å². The quantitative estimate of drug-likeness (QED) is 0.624. The van der Waals surface area contributed by atoms with Crippen molar-refractivity contribution in [1.29, 1.82) is 0 Å². The zero-order valence-electron chi connectivity index (χ0n) is 19.1. The summed E-state index contributed by atoms with van der Waals surface area (Å²) >= 11 is 0. The second kappa shape index (κ2) is 11.0. The van der Waals surface area contributed by atoms with Gasteiger partial charge in [-0.3, -0.25) is 9.69 Å². The monoisotopic (exact) mass is 459 g/mol. The molecule has 1 fully saturated rings. The van der Waals surface area contributed by atoms with Crippen LogP contribution in [0, 0.1) is 6.92 Å². The summed E-state index contributed by atoms with van der Waals surface area (Å²) in [7, 11) is -3.64. The van der Waals surface area contributed by atoms with E-state index in [2.05, 4.69) is 22.3 Å². The fraction of sp³-hybridized carbons (Fsp3) is 0.458. The van der Waals surface area contributed by atoms with Crippen LogP contribution in [0.15, 0.2) is 47.4 Å². The molecule has 7 nitrogen and oxygen atoms in total. The summed E-state index contributed by atoms with van der Waals surface area (Å²) < 4.78 is 32.7. The molecule has 0 radical (unpaired) electrons. The van der Waals surface area contributed by atoms with Crippen molar-refractivity contribution in [2.75, 3.05) is 39.4 Å². The maximum atomic E-state index is 13.0. The molecule has 0 aliphatic carbocycles. The lowest BCUT2D eigenvalue weighted by Gasteiger charge is -2.26. The van der Waals surface area contributed by atoms with Gasteiger partial charge in [-0.15, -0.1) is 0 Å². The summed E-state index contributed by atoms with van der Waals surface area (Å²) in [5, 5.41) is 2.92. The van der Waals surface area contributed by atoms with Gasteiger partial charge in [0.15, 0.2) is 0 Å². The normalized spacial score (nSPS) is 15.1. The van der Waals surface area contributed by atoms with E-state index in [1.54, 1.807) is 32.9 Å². The Balaban J connectivity index is 1.68. The lowest BCUT2D eigenvalue weighted by Crippen LogP contribution is -2.35. The van der Waals surface area contributed by atoms with Gasteiger partial charge in [0.1, 0.15) is 0 Å². The molecule has 174 valence electrons. The molecule has 8 heteroatoms. The smallest absolute Gasteiger partial charge is 0.251 e. The van der Waals surface area contributed by atoms with E-state index < -0.39 is 10.0 Å². The van der Waals surface area contributed by atoms with E-state index in [0.29, 0.717) is 30.8 Å². The first-order valence-electron chi connectivity index (χ1n) is 11.1. The first-order valence-corrected chi connectivity index (χ1v) is 12.6. The van der Waals surface area contributed by atoms with Crippen LogP contribution in [-0.2, 0) is 27.8 Å². The Kier molecular flexibility index (Phi) is 8.42. The Morgan fingerprint density at radius 1 is 1.06 bits per heavy atom. The Morgan fingerprint density at radius 2 is 1.75 bits per heavy atom. The van der Waals surface area contributed by atoms with Gasteiger partial charge in [-0.1, -0.05) is 44.2 Å². The van der Waals surface area contributed by atoms with Crippen LogP contribution in [-0.4, -0.2) is 62.9 Å². The van der Waals surface area contributed by atoms with E-state index in [4.69, 9.17) is 4.74 Å². The summed E-state index contributed by atoms with van der Waals surface area (Å²) in [5.41, 5.74) is 3.17. The highest BCUT2D eigenvalue weighted by atomic mass is 32.2. The largest absolute Gasteiger partial charge is 0.379 e. The molecule has 0 atom stereocenters. The predicted octanol–water partition coefficient (Wildman–Crippen LogP) is 2.79. The van der Waals surface area contributed by atoms with E-state index >= 15 is 0 Å². The second-order valence-corrected chi connectivity index (χ2v) is 9.87. The summed E-state index contributed by atoms with van der Waals surface area (Å²) in [6.45, 7) is 10.7. The van der Waals surface area contributed by atoms with Crippen LogP contribution in [0.25, 0.3) is 0 Å². The van der Waals surface area contributed by atoms with Gasteiger partial charge < -0.3 is 10.1 Å². The van der Waals surface area contributed by atoms with Gasteiger partial charge in [0.2, 0.25) is 10.0 Å². The molecule has 0 unspecified atom stereocenters. The molecule has 1 aliphatic rings. The molecule has 3 rings (SSSR count). The van der Waals surface area contributed by atoms with E-state index in [-0.39, 0.29) is 10.8 Å². The number of hydrogen-bond acceptors (Lipinski definition) is 5. The third-order valence-corrected chi connectivity index (χ3v) is 7.92. The number of carbonyl (C=O) groups is 1. The van der Waals surface area contributed by atoms with Crippen LogP contribution in [0.5, 0.6) is 0 Å². The molecule has 1 saturated heterocycles. The summed E-state index contributed by atoms with van der Waals surface area (Å²) in [4.78, 5) is 15.3. The number of sulfonamides is 1. The zero-order valence-corrected chi connectivity index (χ0v) is 20.0. The molecule has 0 spiro atoms. The van der Waals surface area contributed by atoms with Gasteiger partial charge in [-0.25, -0.2) is 8.42 Å². The van der Waals surface area contributed by atoms with Gasteiger partial charge in [0.05, 0.1) is 18.1 Å². The number of nitrogens with one attached hydrogen (secondary N) is 1. The van der Waals surface area contributed by atoms with E-state index in [1.807, 2.05) is 12.1 Å². The van der Waals surface area contributed by atoms with Crippen molar-refractivity contribution in [3.05, 3.63) is 64.7 Å². The highest BCUT2D eigenvalue weighted by molar-refractivity contribution is 7.89. The van der Waals surface area contributed by atoms with Crippen molar-refractivity contribution in [2.24, 2.45) is 0 Å². The van der Waals surface area contributed by atoms with Crippen LogP contribution in [0.2, 0.25) is 0 Å². The predicted molar refractivity (Wildman–Crippen MR) is 125 cm³/mol. The molecule has 0 bridgehead atoms. The minimum absolute atomic E-state index is 0.182. The number of nitrogens with zero attached hydrogens (tertiary/aromatic N) is 2. The molecule has 1 heterocycles. The minimum Gasteiger partial charge on any atom is -0.379 e. The molecule has 1 amide bonds. The second-order valence-electron chi connectivity index (χ2n) is 7.96. The summed E-state index contributed by atoms with van der Waals surface area (Å²) in [6.07, 6.45) is 0. The standard InChI is InChI=1S/C24H33N3O4S/c1-4-27(5-2)32(29,30)23-16-22(10-9-19(23)3)24(28)25-17-20-7-6-8-21(15-20)18-26-11-13-31-14-12-26/h6-10,15-16H,4-5,11-14,17-18H2,1-3H3,(H,25,28). The summed E-state index contributed by atoms with van der Waals surface area (Å²) in [6, 6.07) is 13.0. The molecule has 0 saturated carbocycles. The average molecular weight is 460 g/mol. The molecule has 2 aromatic carbocycles. The Bertz CT molecular complexity index is 1030. The Morgan fingerprint density at radius 3 is 2.44 bits per heavy atom. The molecule has 0 aromatic heterocycles.